The van der Waals surface area contributed by atoms with Gasteiger partial charge in [-0.3, -0.25) is 4.79 Å². The summed E-state index contributed by atoms with van der Waals surface area (Å²) in [6.45, 7) is 3.50. The van der Waals surface area contributed by atoms with E-state index in [1.807, 2.05) is 0 Å². The smallest absolute Gasteiger partial charge is 0.245 e. The molecule has 0 spiro atoms. The first kappa shape index (κ1) is 10.1. The number of carbonyl (C=O) groups is 1. The quantitative estimate of drug-likeness (QED) is 0.715. The Kier molecular flexibility index (Phi) is 2.98. The first-order valence-electron chi connectivity index (χ1n) is 4.81. The van der Waals surface area contributed by atoms with Gasteiger partial charge in [-0.15, -0.1) is 0 Å². The molecule has 0 saturated carbocycles. The van der Waals surface area contributed by atoms with Crippen LogP contribution in [0, 0.1) is 6.92 Å². The number of nitrogens with one attached hydrogen (secondary N) is 2. The minimum atomic E-state index is -0.309. The van der Waals surface area contributed by atoms with Crippen molar-refractivity contribution in [2.24, 2.45) is 0 Å². The molecule has 2 N–H and O–H groups in total. The second-order valence-electron chi connectivity index (χ2n) is 3.39. The summed E-state index contributed by atoms with van der Waals surface area (Å²) in [5.74, 6) is 0.950. The van der Waals surface area contributed by atoms with E-state index in [0.29, 0.717) is 31.3 Å². The van der Waals surface area contributed by atoms with Crippen molar-refractivity contribution in [1.29, 1.82) is 0 Å². The lowest BCUT2D eigenvalue weighted by atomic mass is 10.2. The van der Waals surface area contributed by atoms with Gasteiger partial charge in [-0.05, 0) is 6.92 Å². The molecular weight excluding hydrogens is 198 g/mol. The summed E-state index contributed by atoms with van der Waals surface area (Å²) in [6, 6.07) is 1.36. The summed E-state index contributed by atoms with van der Waals surface area (Å²) in [5, 5.41) is 9.37. The van der Waals surface area contributed by atoms with Crippen molar-refractivity contribution in [1.82, 2.24) is 10.5 Å². The molecule has 6 nitrogen and oxygen atoms in total. The van der Waals surface area contributed by atoms with E-state index in [9.17, 15) is 4.79 Å². The van der Waals surface area contributed by atoms with Crippen LogP contribution in [0.4, 0.5) is 5.82 Å². The number of hydrogen-bond acceptors (Lipinski definition) is 5. The molecule has 1 saturated heterocycles. The van der Waals surface area contributed by atoms with Crippen LogP contribution in [0.3, 0.4) is 0 Å². The van der Waals surface area contributed by atoms with Gasteiger partial charge in [0.25, 0.3) is 0 Å². The number of morpholine rings is 1. The van der Waals surface area contributed by atoms with Crippen molar-refractivity contribution in [2.45, 2.75) is 13.0 Å². The van der Waals surface area contributed by atoms with E-state index in [2.05, 4.69) is 15.8 Å². The Balaban J connectivity index is 1.91. The molecule has 1 atom stereocenters. The third-order valence-corrected chi connectivity index (χ3v) is 2.12. The number of aromatic nitrogens is 1. The average molecular weight is 211 g/mol. The topological polar surface area (TPSA) is 76.4 Å². The molecule has 1 aromatic rings. The highest BCUT2D eigenvalue weighted by Crippen LogP contribution is 2.07. The number of carbonyl (C=O) groups excluding carboxylic acids is 1. The van der Waals surface area contributed by atoms with Crippen LogP contribution in [0.25, 0.3) is 0 Å². The van der Waals surface area contributed by atoms with E-state index in [1.165, 1.54) is 0 Å². The molecule has 15 heavy (non-hydrogen) atoms. The van der Waals surface area contributed by atoms with Crippen LogP contribution in [-0.2, 0) is 9.53 Å². The number of hydrogen-bond donors (Lipinski definition) is 2. The Morgan fingerprint density at radius 2 is 2.60 bits per heavy atom. The molecule has 6 heteroatoms. The van der Waals surface area contributed by atoms with Gasteiger partial charge in [0.05, 0.1) is 13.2 Å². The zero-order valence-electron chi connectivity index (χ0n) is 8.45. The summed E-state index contributed by atoms with van der Waals surface area (Å²) in [7, 11) is 0. The van der Waals surface area contributed by atoms with Crippen LogP contribution < -0.4 is 10.6 Å². The fourth-order valence-electron chi connectivity index (χ4n) is 1.37. The molecule has 2 rings (SSSR count). The summed E-state index contributed by atoms with van der Waals surface area (Å²) in [4.78, 5) is 11.6. The molecule has 2 heterocycles. The molecule has 1 fully saturated rings. The highest BCUT2D eigenvalue weighted by molar-refractivity contribution is 5.94. The maximum absolute atomic E-state index is 11.6. The van der Waals surface area contributed by atoms with Gasteiger partial charge in [0.15, 0.2) is 5.82 Å². The van der Waals surface area contributed by atoms with Gasteiger partial charge in [0, 0.05) is 12.6 Å². The second kappa shape index (κ2) is 4.41. The van der Waals surface area contributed by atoms with Crippen molar-refractivity contribution < 1.29 is 14.1 Å². The monoisotopic (exact) mass is 211 g/mol. The molecule has 1 unspecified atom stereocenters. The first-order chi connectivity index (χ1) is 7.25. The lowest BCUT2D eigenvalue weighted by Crippen LogP contribution is -2.48. The van der Waals surface area contributed by atoms with E-state index >= 15 is 0 Å². The number of rotatable bonds is 2. The molecule has 1 amide bonds. The highest BCUT2D eigenvalue weighted by atomic mass is 16.5. The van der Waals surface area contributed by atoms with Crippen molar-refractivity contribution in [3.05, 3.63) is 11.8 Å². The zero-order chi connectivity index (χ0) is 10.7. The summed E-state index contributed by atoms with van der Waals surface area (Å²) >= 11 is 0. The van der Waals surface area contributed by atoms with Gasteiger partial charge in [-0.2, -0.15) is 0 Å². The van der Waals surface area contributed by atoms with Crippen molar-refractivity contribution in [3.8, 4) is 0 Å². The van der Waals surface area contributed by atoms with Crippen LogP contribution in [-0.4, -0.2) is 36.9 Å². The number of aryl methyl sites for hydroxylation is 1. The van der Waals surface area contributed by atoms with Gasteiger partial charge in [0.2, 0.25) is 5.91 Å². The number of amides is 1. The summed E-state index contributed by atoms with van der Waals surface area (Å²) in [5.41, 5.74) is 0. The van der Waals surface area contributed by atoms with E-state index < -0.39 is 0 Å². The predicted molar refractivity (Wildman–Crippen MR) is 52.5 cm³/mol. The predicted octanol–water partition coefficient (Wildman–Crippen LogP) is -0.0901. The molecule has 0 radical (unpaired) electrons. The molecule has 1 aromatic heterocycles. The Bertz CT molecular complexity index is 344. The van der Waals surface area contributed by atoms with Gasteiger partial charge in [-0.25, -0.2) is 0 Å². The van der Waals surface area contributed by atoms with E-state index in [0.717, 1.165) is 0 Å². The van der Waals surface area contributed by atoms with E-state index in [4.69, 9.17) is 9.26 Å². The maximum atomic E-state index is 11.6. The second-order valence-corrected chi connectivity index (χ2v) is 3.39. The molecule has 0 bridgehead atoms. The average Bonchev–Trinajstić information content (AvgIpc) is 2.65. The lowest BCUT2D eigenvalue weighted by molar-refractivity contribution is -0.120. The Labute approximate surface area is 87.0 Å². The van der Waals surface area contributed by atoms with E-state index in [-0.39, 0.29) is 11.9 Å². The molecule has 1 aliphatic heterocycles. The van der Waals surface area contributed by atoms with Gasteiger partial charge < -0.3 is 19.9 Å². The molecule has 0 aliphatic carbocycles. The van der Waals surface area contributed by atoms with Gasteiger partial charge in [-0.1, -0.05) is 5.16 Å². The van der Waals surface area contributed by atoms with Crippen LogP contribution in [0.2, 0.25) is 0 Å². The largest absolute Gasteiger partial charge is 0.378 e. The fraction of sp³-hybridized carbons (Fsp3) is 0.556. The lowest BCUT2D eigenvalue weighted by Gasteiger charge is -2.22. The minimum Gasteiger partial charge on any atom is -0.378 e. The van der Waals surface area contributed by atoms with Crippen LogP contribution in [0.15, 0.2) is 10.6 Å². The van der Waals surface area contributed by atoms with Gasteiger partial charge >= 0.3 is 0 Å². The fourth-order valence-corrected chi connectivity index (χ4v) is 1.37. The van der Waals surface area contributed by atoms with Crippen molar-refractivity contribution >= 4 is 11.7 Å². The molecule has 82 valence electrons. The third kappa shape index (κ3) is 2.54. The van der Waals surface area contributed by atoms with Crippen molar-refractivity contribution in [3.63, 3.8) is 0 Å². The Morgan fingerprint density at radius 3 is 3.20 bits per heavy atom. The zero-order valence-corrected chi connectivity index (χ0v) is 8.45. The normalized spacial score (nSPS) is 21.3. The first-order valence-corrected chi connectivity index (χ1v) is 4.81. The SMILES string of the molecule is Cc1cc(NC(=O)C2COCCN2)no1. The van der Waals surface area contributed by atoms with Crippen LogP contribution >= 0.6 is 0 Å². The van der Waals surface area contributed by atoms with Gasteiger partial charge in [0.1, 0.15) is 11.8 Å². The Morgan fingerprint density at radius 1 is 1.73 bits per heavy atom. The minimum absolute atomic E-state index is 0.150. The Hall–Kier alpha value is -1.40. The standard InChI is InChI=1S/C9H13N3O3/c1-6-4-8(12-15-6)11-9(13)7-5-14-3-2-10-7/h4,7,10H,2-3,5H2,1H3,(H,11,12,13). The summed E-state index contributed by atoms with van der Waals surface area (Å²) in [6.07, 6.45) is 0. The van der Waals surface area contributed by atoms with E-state index in [1.54, 1.807) is 13.0 Å². The molecule has 0 aromatic carbocycles. The highest BCUT2D eigenvalue weighted by Gasteiger charge is 2.21. The summed E-state index contributed by atoms with van der Waals surface area (Å²) < 4.78 is 10.0. The van der Waals surface area contributed by atoms with Crippen molar-refractivity contribution in [2.75, 3.05) is 25.1 Å². The maximum Gasteiger partial charge on any atom is 0.245 e. The van der Waals surface area contributed by atoms with Crippen LogP contribution in [0.5, 0.6) is 0 Å². The van der Waals surface area contributed by atoms with Crippen LogP contribution in [0.1, 0.15) is 5.76 Å². The number of nitrogens with zero attached hydrogens (tertiary/aromatic N) is 1. The molecule has 1 aliphatic rings. The number of ether oxygens (including phenoxy) is 1. The number of anilines is 1. The molecular formula is C9H13N3O3. The third-order valence-electron chi connectivity index (χ3n) is 2.12.